The summed E-state index contributed by atoms with van der Waals surface area (Å²) in [6, 6.07) is 17.6. The second-order valence-electron chi connectivity index (χ2n) is 8.20. The molecule has 0 saturated carbocycles. The molecule has 0 radical (unpaired) electrons. The summed E-state index contributed by atoms with van der Waals surface area (Å²) < 4.78 is 7.17. The Morgan fingerprint density at radius 1 is 1.16 bits per heavy atom. The van der Waals surface area contributed by atoms with Crippen molar-refractivity contribution in [2.45, 2.75) is 20.4 Å². The van der Waals surface area contributed by atoms with Crippen LogP contribution in [-0.2, 0) is 11.3 Å². The number of rotatable bonds is 6. The number of benzene rings is 2. The first-order chi connectivity index (χ1) is 15.4. The van der Waals surface area contributed by atoms with E-state index in [1.165, 1.54) is 6.33 Å². The Bertz CT molecular complexity index is 1290. The van der Waals surface area contributed by atoms with Crippen LogP contribution in [0.5, 0.6) is 0 Å². The minimum atomic E-state index is -0.349. The normalized spacial score (nSPS) is 11.1. The summed E-state index contributed by atoms with van der Waals surface area (Å²) in [5.41, 5.74) is 4.52. The van der Waals surface area contributed by atoms with Crippen LogP contribution in [0.1, 0.15) is 19.4 Å². The number of hydrogen-bond acceptors (Lipinski definition) is 4. The molecule has 0 aliphatic heterocycles. The minimum absolute atomic E-state index is 0.200. The summed E-state index contributed by atoms with van der Waals surface area (Å²) in [7, 11) is 1.72. The molecule has 7 heteroatoms. The van der Waals surface area contributed by atoms with Crippen molar-refractivity contribution in [1.82, 2.24) is 19.4 Å². The molecule has 32 heavy (non-hydrogen) atoms. The lowest BCUT2D eigenvalue weighted by Crippen LogP contribution is -2.28. The lowest BCUT2D eigenvalue weighted by Gasteiger charge is -2.18. The average molecular weight is 431 g/mol. The Hall–Kier alpha value is -3.87. The molecule has 7 nitrogen and oxygen atoms in total. The molecule has 0 unspecified atom stereocenters. The zero-order valence-corrected chi connectivity index (χ0v) is 18.4. The van der Waals surface area contributed by atoms with E-state index in [1.807, 2.05) is 79.2 Å². The maximum atomic E-state index is 12.6. The highest BCUT2D eigenvalue weighted by Crippen LogP contribution is 2.30. The van der Waals surface area contributed by atoms with Crippen LogP contribution >= 0.6 is 0 Å². The summed E-state index contributed by atoms with van der Waals surface area (Å²) in [5, 5.41) is 0. The van der Waals surface area contributed by atoms with Gasteiger partial charge in [0.05, 0.1) is 12.9 Å². The van der Waals surface area contributed by atoms with Crippen LogP contribution in [0, 0.1) is 5.92 Å². The SMILES string of the molecule is CC(C)COC(=O)N(C)Cc1cccc(-c2cn(-c3ccccc3)c3c(=O)[nH]cnc23)c1. The van der Waals surface area contributed by atoms with Gasteiger partial charge < -0.3 is 19.2 Å². The number of H-pyrrole nitrogens is 1. The number of nitrogens with one attached hydrogen (secondary N) is 1. The largest absolute Gasteiger partial charge is 0.449 e. The van der Waals surface area contributed by atoms with Gasteiger partial charge in [-0.15, -0.1) is 0 Å². The Balaban J connectivity index is 1.69. The lowest BCUT2D eigenvalue weighted by molar-refractivity contribution is 0.0980. The Kier molecular flexibility index (Phi) is 6.07. The molecule has 0 saturated heterocycles. The molecule has 0 aliphatic rings. The first kappa shape index (κ1) is 21.4. The van der Waals surface area contributed by atoms with Crippen molar-refractivity contribution >= 4 is 17.1 Å². The van der Waals surface area contributed by atoms with Crippen LogP contribution < -0.4 is 5.56 Å². The topological polar surface area (TPSA) is 80.2 Å². The third kappa shape index (κ3) is 4.42. The second-order valence-corrected chi connectivity index (χ2v) is 8.20. The number of aromatic nitrogens is 3. The molecule has 2 heterocycles. The van der Waals surface area contributed by atoms with Gasteiger partial charge in [0.25, 0.3) is 5.56 Å². The molecule has 1 amide bonds. The quantitative estimate of drug-likeness (QED) is 0.485. The van der Waals surface area contributed by atoms with E-state index in [2.05, 4.69) is 9.97 Å². The summed E-state index contributed by atoms with van der Waals surface area (Å²) in [5.74, 6) is 0.285. The van der Waals surface area contributed by atoms with Gasteiger partial charge in [0.2, 0.25) is 0 Å². The predicted molar refractivity (Wildman–Crippen MR) is 125 cm³/mol. The van der Waals surface area contributed by atoms with Gasteiger partial charge in [0, 0.05) is 31.0 Å². The third-order valence-electron chi connectivity index (χ3n) is 5.13. The van der Waals surface area contributed by atoms with Gasteiger partial charge in [-0.05, 0) is 35.2 Å². The van der Waals surface area contributed by atoms with Gasteiger partial charge in [-0.1, -0.05) is 50.2 Å². The van der Waals surface area contributed by atoms with E-state index < -0.39 is 0 Å². The number of para-hydroxylation sites is 1. The van der Waals surface area contributed by atoms with Gasteiger partial charge >= 0.3 is 6.09 Å². The zero-order chi connectivity index (χ0) is 22.7. The van der Waals surface area contributed by atoms with Crippen LogP contribution in [0.15, 0.2) is 71.9 Å². The fourth-order valence-electron chi connectivity index (χ4n) is 3.60. The summed E-state index contributed by atoms with van der Waals surface area (Å²) in [6.45, 7) is 4.81. The molecule has 2 aromatic heterocycles. The number of carbonyl (C=O) groups excluding carboxylic acids is 1. The van der Waals surface area contributed by atoms with E-state index in [1.54, 1.807) is 11.9 Å². The molecular weight excluding hydrogens is 404 g/mol. The fraction of sp³-hybridized carbons (Fsp3) is 0.240. The maximum absolute atomic E-state index is 12.6. The van der Waals surface area contributed by atoms with Crippen molar-refractivity contribution in [2.75, 3.05) is 13.7 Å². The number of ether oxygens (including phenoxy) is 1. The van der Waals surface area contributed by atoms with E-state index >= 15 is 0 Å². The predicted octanol–water partition coefficient (Wildman–Crippen LogP) is 4.61. The highest BCUT2D eigenvalue weighted by Gasteiger charge is 2.17. The lowest BCUT2D eigenvalue weighted by atomic mass is 10.0. The van der Waals surface area contributed by atoms with E-state index in [0.717, 1.165) is 22.4 Å². The van der Waals surface area contributed by atoms with E-state index in [-0.39, 0.29) is 17.6 Å². The van der Waals surface area contributed by atoms with Crippen molar-refractivity contribution in [3.63, 3.8) is 0 Å². The first-order valence-electron chi connectivity index (χ1n) is 10.6. The Morgan fingerprint density at radius 3 is 2.69 bits per heavy atom. The van der Waals surface area contributed by atoms with Crippen molar-refractivity contribution in [2.24, 2.45) is 5.92 Å². The van der Waals surface area contributed by atoms with Gasteiger partial charge in [-0.3, -0.25) is 4.79 Å². The molecule has 0 spiro atoms. The van der Waals surface area contributed by atoms with Crippen molar-refractivity contribution < 1.29 is 9.53 Å². The summed E-state index contributed by atoms with van der Waals surface area (Å²) >= 11 is 0. The number of aromatic amines is 1. The van der Waals surface area contributed by atoms with Crippen LogP contribution in [0.4, 0.5) is 4.79 Å². The third-order valence-corrected chi connectivity index (χ3v) is 5.13. The number of fused-ring (bicyclic) bond motifs is 1. The Labute approximate surface area is 186 Å². The van der Waals surface area contributed by atoms with Gasteiger partial charge in [-0.2, -0.15) is 0 Å². The highest BCUT2D eigenvalue weighted by molar-refractivity contribution is 5.93. The summed E-state index contributed by atoms with van der Waals surface area (Å²) in [6.07, 6.45) is 3.01. The standard InChI is InChI=1S/C25H26N4O3/c1-17(2)15-32-25(31)28(3)13-18-8-7-9-19(12-18)21-14-29(20-10-5-4-6-11-20)23-22(21)26-16-27-24(23)30/h4-12,14,16-17H,13,15H2,1-3H3,(H,26,27,30). The molecule has 0 bridgehead atoms. The van der Waals surface area contributed by atoms with Crippen molar-refractivity contribution in [3.8, 4) is 16.8 Å². The molecule has 0 fully saturated rings. The average Bonchev–Trinajstić information content (AvgIpc) is 3.19. The molecule has 2 aromatic carbocycles. The van der Waals surface area contributed by atoms with Crippen LogP contribution in [0.3, 0.4) is 0 Å². The van der Waals surface area contributed by atoms with E-state index in [0.29, 0.717) is 24.2 Å². The van der Waals surface area contributed by atoms with Gasteiger partial charge in [0.1, 0.15) is 11.0 Å². The van der Waals surface area contributed by atoms with Crippen molar-refractivity contribution in [1.29, 1.82) is 0 Å². The molecule has 4 aromatic rings. The van der Waals surface area contributed by atoms with E-state index in [9.17, 15) is 9.59 Å². The van der Waals surface area contributed by atoms with E-state index in [4.69, 9.17) is 4.74 Å². The van der Waals surface area contributed by atoms with Crippen LogP contribution in [-0.4, -0.2) is 39.2 Å². The maximum Gasteiger partial charge on any atom is 0.409 e. The second kappa shape index (κ2) is 9.09. The highest BCUT2D eigenvalue weighted by atomic mass is 16.6. The molecule has 4 rings (SSSR count). The van der Waals surface area contributed by atoms with Crippen molar-refractivity contribution in [3.05, 3.63) is 83.0 Å². The number of amides is 1. The molecular formula is C25H26N4O3. The van der Waals surface area contributed by atoms with Gasteiger partial charge in [0.15, 0.2) is 0 Å². The summed E-state index contributed by atoms with van der Waals surface area (Å²) in [4.78, 5) is 33.6. The number of carbonyl (C=O) groups is 1. The van der Waals surface area contributed by atoms with Crippen LogP contribution in [0.25, 0.3) is 27.8 Å². The van der Waals surface area contributed by atoms with Crippen LogP contribution in [0.2, 0.25) is 0 Å². The molecule has 1 N–H and O–H groups in total. The fourth-order valence-corrected chi connectivity index (χ4v) is 3.60. The zero-order valence-electron chi connectivity index (χ0n) is 18.4. The minimum Gasteiger partial charge on any atom is -0.449 e. The first-order valence-corrected chi connectivity index (χ1v) is 10.6. The Morgan fingerprint density at radius 2 is 1.94 bits per heavy atom. The molecule has 164 valence electrons. The monoisotopic (exact) mass is 430 g/mol. The number of nitrogens with zero attached hydrogens (tertiary/aromatic N) is 3. The smallest absolute Gasteiger partial charge is 0.409 e. The molecule has 0 aliphatic carbocycles. The molecule has 0 atom stereocenters. The number of hydrogen-bond donors (Lipinski definition) is 1. The van der Waals surface area contributed by atoms with Gasteiger partial charge in [-0.25, -0.2) is 9.78 Å².